The summed E-state index contributed by atoms with van der Waals surface area (Å²) in [7, 11) is 3.20. The van der Waals surface area contributed by atoms with E-state index in [2.05, 4.69) is 26.0 Å². The molecule has 0 aliphatic carbocycles. The van der Waals surface area contributed by atoms with E-state index in [1.165, 1.54) is 0 Å². The van der Waals surface area contributed by atoms with Crippen LogP contribution < -0.4 is 9.47 Å². The largest absolute Gasteiger partial charge is 0.481 e. The lowest BCUT2D eigenvalue weighted by atomic mass is 10.1. The Morgan fingerprint density at radius 2 is 1.18 bits per heavy atom. The first kappa shape index (κ1) is 19.2. The molecule has 0 fully saturated rings. The molecule has 0 saturated heterocycles. The molecule has 0 atom stereocenters. The number of ether oxygens (including phenoxy) is 2. The Labute approximate surface area is 164 Å². The van der Waals surface area contributed by atoms with E-state index in [-0.39, 0.29) is 0 Å². The number of aliphatic imine (C=N–C) groups is 2. The molecule has 0 radical (unpaired) electrons. The molecule has 28 heavy (non-hydrogen) atoms. The molecule has 0 aliphatic heterocycles. The van der Waals surface area contributed by atoms with Gasteiger partial charge in [-0.15, -0.1) is 0 Å². The van der Waals surface area contributed by atoms with Crippen LogP contribution in [0.1, 0.15) is 22.5 Å². The first-order chi connectivity index (χ1) is 13.8. The molecule has 2 aromatic heterocycles. The fourth-order valence-corrected chi connectivity index (χ4v) is 2.55. The van der Waals surface area contributed by atoms with Crippen molar-refractivity contribution in [1.29, 1.82) is 0 Å². The summed E-state index contributed by atoms with van der Waals surface area (Å²) in [4.78, 5) is 17.6. The van der Waals surface area contributed by atoms with Gasteiger partial charge in [0.25, 0.3) is 0 Å². The maximum absolute atomic E-state index is 5.12. The van der Waals surface area contributed by atoms with Crippen molar-refractivity contribution in [3.05, 3.63) is 83.2 Å². The van der Waals surface area contributed by atoms with Crippen LogP contribution in [0, 0.1) is 0 Å². The molecule has 0 unspecified atom stereocenters. The second-order valence-electron chi connectivity index (χ2n) is 5.97. The van der Waals surface area contributed by atoms with Gasteiger partial charge in [0.1, 0.15) is 0 Å². The van der Waals surface area contributed by atoms with Gasteiger partial charge in [-0.1, -0.05) is 36.4 Å². The fourth-order valence-electron chi connectivity index (χ4n) is 2.55. The maximum atomic E-state index is 5.12. The van der Waals surface area contributed by atoms with Gasteiger partial charge < -0.3 is 9.47 Å². The van der Waals surface area contributed by atoms with Gasteiger partial charge in [0, 0.05) is 24.6 Å². The molecule has 0 N–H and O–H groups in total. The molecule has 0 amide bonds. The fraction of sp³-hybridized carbons (Fsp3) is 0.182. The Morgan fingerprint density at radius 1 is 0.714 bits per heavy atom. The minimum Gasteiger partial charge on any atom is -0.481 e. The van der Waals surface area contributed by atoms with Gasteiger partial charge in [-0.25, -0.2) is 9.97 Å². The van der Waals surface area contributed by atoms with Gasteiger partial charge in [0.15, 0.2) is 0 Å². The first-order valence-corrected chi connectivity index (χ1v) is 8.86. The summed E-state index contributed by atoms with van der Waals surface area (Å²) in [5, 5.41) is 0. The molecule has 2 heterocycles. The van der Waals surface area contributed by atoms with Crippen molar-refractivity contribution in [3.8, 4) is 11.8 Å². The molecule has 3 rings (SSSR count). The number of methoxy groups -OCH3 is 2. The summed E-state index contributed by atoms with van der Waals surface area (Å²) in [6.45, 7) is 1.15. The average Bonchev–Trinajstić information content (AvgIpc) is 2.74. The lowest BCUT2D eigenvalue weighted by Crippen LogP contribution is -1.93. The van der Waals surface area contributed by atoms with Crippen LogP contribution in [0.3, 0.4) is 0 Å². The molecule has 0 saturated carbocycles. The van der Waals surface area contributed by atoms with Gasteiger partial charge >= 0.3 is 0 Å². The first-order valence-electron chi connectivity index (χ1n) is 8.86. The van der Waals surface area contributed by atoms with E-state index < -0.39 is 0 Å². The van der Waals surface area contributed by atoms with Crippen LogP contribution in [0.15, 0.2) is 70.6 Å². The minimum atomic E-state index is 0.577. The summed E-state index contributed by atoms with van der Waals surface area (Å²) >= 11 is 0. The van der Waals surface area contributed by atoms with Gasteiger partial charge in [0.2, 0.25) is 11.8 Å². The third-order valence-electron chi connectivity index (χ3n) is 3.89. The van der Waals surface area contributed by atoms with Crippen LogP contribution in [0.5, 0.6) is 11.8 Å². The quantitative estimate of drug-likeness (QED) is 0.563. The van der Waals surface area contributed by atoms with Gasteiger partial charge in [0.05, 0.1) is 38.7 Å². The molecule has 1 aromatic carbocycles. The van der Waals surface area contributed by atoms with Crippen LogP contribution in [0.4, 0.5) is 0 Å². The van der Waals surface area contributed by atoms with E-state index in [9.17, 15) is 0 Å². The summed E-state index contributed by atoms with van der Waals surface area (Å²) in [5.41, 5.74) is 3.77. The summed E-state index contributed by atoms with van der Waals surface area (Å²) in [6, 6.07) is 19.4. The smallest absolute Gasteiger partial charge is 0.213 e. The third-order valence-corrected chi connectivity index (χ3v) is 3.89. The van der Waals surface area contributed by atoms with Crippen molar-refractivity contribution in [1.82, 2.24) is 9.97 Å². The van der Waals surface area contributed by atoms with Crippen molar-refractivity contribution >= 4 is 12.4 Å². The van der Waals surface area contributed by atoms with E-state index in [1.807, 2.05) is 54.6 Å². The Kier molecular flexibility index (Phi) is 6.84. The zero-order valence-electron chi connectivity index (χ0n) is 15.9. The number of rotatable bonds is 8. The molecule has 142 valence electrons. The SMILES string of the molecule is COc1cccc(C=NCc2cccc(CN=Cc3cccc(OC)n3)c2)n1. The Morgan fingerprint density at radius 3 is 1.64 bits per heavy atom. The summed E-state index contributed by atoms with van der Waals surface area (Å²) in [6.07, 6.45) is 3.50. The van der Waals surface area contributed by atoms with Crippen molar-refractivity contribution in [2.45, 2.75) is 13.1 Å². The van der Waals surface area contributed by atoms with Gasteiger partial charge in [-0.05, 0) is 23.3 Å². The van der Waals surface area contributed by atoms with Crippen LogP contribution in [0.2, 0.25) is 0 Å². The lowest BCUT2D eigenvalue weighted by Gasteiger charge is -2.02. The van der Waals surface area contributed by atoms with E-state index in [1.54, 1.807) is 26.6 Å². The predicted octanol–water partition coefficient (Wildman–Crippen LogP) is 3.73. The molecular weight excluding hydrogens is 352 g/mol. The van der Waals surface area contributed by atoms with Crippen LogP contribution in [-0.2, 0) is 13.1 Å². The third kappa shape index (κ3) is 5.74. The standard InChI is InChI=1S/C22H22N4O2/c1-27-21-10-4-8-19(25-21)15-23-13-17-6-3-7-18(12-17)14-24-16-20-9-5-11-22(26-20)28-2/h3-12,15-16H,13-14H2,1-2H3. The number of nitrogens with zero attached hydrogens (tertiary/aromatic N) is 4. The van der Waals surface area contributed by atoms with Gasteiger partial charge in [-0.2, -0.15) is 0 Å². The average molecular weight is 374 g/mol. The highest BCUT2D eigenvalue weighted by Gasteiger charge is 1.97. The summed E-state index contributed by atoms with van der Waals surface area (Å²) in [5.74, 6) is 1.16. The number of benzene rings is 1. The van der Waals surface area contributed by atoms with Crippen LogP contribution >= 0.6 is 0 Å². The topological polar surface area (TPSA) is 69.0 Å². The molecule has 3 aromatic rings. The van der Waals surface area contributed by atoms with E-state index in [0.29, 0.717) is 24.8 Å². The zero-order valence-corrected chi connectivity index (χ0v) is 15.9. The number of pyridine rings is 2. The van der Waals surface area contributed by atoms with Gasteiger partial charge in [-0.3, -0.25) is 9.98 Å². The van der Waals surface area contributed by atoms with Crippen molar-refractivity contribution in [2.75, 3.05) is 14.2 Å². The Balaban J connectivity index is 1.58. The number of aromatic nitrogens is 2. The van der Waals surface area contributed by atoms with Crippen LogP contribution in [0.25, 0.3) is 0 Å². The van der Waals surface area contributed by atoms with Crippen LogP contribution in [-0.4, -0.2) is 36.6 Å². The Bertz CT molecular complexity index is 895. The number of hydrogen-bond donors (Lipinski definition) is 0. The highest BCUT2D eigenvalue weighted by molar-refractivity contribution is 5.77. The van der Waals surface area contributed by atoms with Crippen molar-refractivity contribution < 1.29 is 9.47 Å². The normalized spacial score (nSPS) is 11.2. The monoisotopic (exact) mass is 374 g/mol. The molecule has 0 aliphatic rings. The second-order valence-corrected chi connectivity index (χ2v) is 5.97. The highest BCUT2D eigenvalue weighted by Crippen LogP contribution is 2.10. The highest BCUT2D eigenvalue weighted by atomic mass is 16.5. The lowest BCUT2D eigenvalue weighted by molar-refractivity contribution is 0.397. The van der Waals surface area contributed by atoms with Crippen molar-refractivity contribution in [3.63, 3.8) is 0 Å². The number of hydrogen-bond acceptors (Lipinski definition) is 6. The molecule has 0 spiro atoms. The second kappa shape index (κ2) is 9.97. The van der Waals surface area contributed by atoms with E-state index >= 15 is 0 Å². The zero-order chi connectivity index (χ0) is 19.6. The predicted molar refractivity (Wildman–Crippen MR) is 111 cm³/mol. The minimum absolute atomic E-state index is 0.577. The molecule has 6 nitrogen and oxygen atoms in total. The Hall–Kier alpha value is -3.54. The van der Waals surface area contributed by atoms with E-state index in [4.69, 9.17) is 9.47 Å². The van der Waals surface area contributed by atoms with Crippen molar-refractivity contribution in [2.24, 2.45) is 9.98 Å². The summed E-state index contributed by atoms with van der Waals surface area (Å²) < 4.78 is 10.2. The molecule has 0 bridgehead atoms. The maximum Gasteiger partial charge on any atom is 0.213 e. The molecule has 6 heteroatoms. The van der Waals surface area contributed by atoms with E-state index in [0.717, 1.165) is 22.5 Å². The molecular formula is C22H22N4O2.